The van der Waals surface area contributed by atoms with Crippen LogP contribution in [0.15, 0.2) is 101 Å². The maximum Gasteiger partial charge on any atom is 0.240 e. The minimum atomic E-state index is -3.54. The first kappa shape index (κ1) is 25.2. The Balaban J connectivity index is 1.91. The Morgan fingerprint density at radius 3 is 1.79 bits per heavy atom. The number of nitrogens with one attached hydrogen (secondary N) is 1. The molecule has 0 fully saturated rings. The number of rotatable bonds is 8. The lowest BCUT2D eigenvalue weighted by Gasteiger charge is -2.44. The molecule has 0 saturated heterocycles. The van der Waals surface area contributed by atoms with Crippen molar-refractivity contribution in [3.8, 4) is 0 Å². The van der Waals surface area contributed by atoms with Crippen molar-refractivity contribution in [3.63, 3.8) is 0 Å². The second-order valence-electron chi connectivity index (χ2n) is 9.78. The molecule has 0 aliphatic carbocycles. The third-order valence-electron chi connectivity index (χ3n) is 6.44. The van der Waals surface area contributed by atoms with Crippen molar-refractivity contribution in [2.45, 2.75) is 50.6 Å². The van der Waals surface area contributed by atoms with Crippen LogP contribution in [0.2, 0.25) is 11.1 Å². The quantitative estimate of drug-likeness (QED) is 0.354. The SMILES string of the molecule is C/C(=C\C[Si](c1ccccc1)(c1ccccc1)C(C)(C)C)CNS(=O)(=O)c1ccc(C)cc1. The summed E-state index contributed by atoms with van der Waals surface area (Å²) < 4.78 is 28.2. The standard InChI is InChI=1S/C28H35NO2SSi/c1-23-16-18-25(19-17-23)32(30,31)29-22-24(2)20-21-33(28(3,4)5,26-12-8-6-9-13-26)27-14-10-7-11-15-27/h6-20,29H,21-22H2,1-5H3/b24-20+. The molecule has 0 spiro atoms. The fraction of sp³-hybridized carbons (Fsp3) is 0.286. The highest BCUT2D eigenvalue weighted by Gasteiger charge is 2.46. The second kappa shape index (κ2) is 10.2. The van der Waals surface area contributed by atoms with Crippen molar-refractivity contribution < 1.29 is 8.42 Å². The van der Waals surface area contributed by atoms with E-state index in [4.69, 9.17) is 0 Å². The average Bonchev–Trinajstić information content (AvgIpc) is 2.79. The van der Waals surface area contributed by atoms with E-state index < -0.39 is 18.1 Å². The summed E-state index contributed by atoms with van der Waals surface area (Å²) in [5.74, 6) is 0. The van der Waals surface area contributed by atoms with Gasteiger partial charge in [-0.1, -0.05) is 121 Å². The molecule has 33 heavy (non-hydrogen) atoms. The predicted molar refractivity (Wildman–Crippen MR) is 143 cm³/mol. The average molecular weight is 478 g/mol. The first-order valence-electron chi connectivity index (χ1n) is 11.4. The van der Waals surface area contributed by atoms with Crippen molar-refractivity contribution >= 4 is 28.5 Å². The van der Waals surface area contributed by atoms with Gasteiger partial charge in [0.25, 0.3) is 0 Å². The van der Waals surface area contributed by atoms with Crippen LogP contribution < -0.4 is 15.1 Å². The van der Waals surface area contributed by atoms with Gasteiger partial charge in [-0.25, -0.2) is 13.1 Å². The Labute approximate surface area is 200 Å². The van der Waals surface area contributed by atoms with Gasteiger partial charge in [-0.15, -0.1) is 0 Å². The van der Waals surface area contributed by atoms with E-state index in [1.807, 2.05) is 26.0 Å². The van der Waals surface area contributed by atoms with Gasteiger partial charge in [0.1, 0.15) is 8.07 Å². The fourth-order valence-electron chi connectivity index (χ4n) is 4.43. The Kier molecular flexibility index (Phi) is 7.78. The van der Waals surface area contributed by atoms with Gasteiger partial charge < -0.3 is 0 Å². The van der Waals surface area contributed by atoms with E-state index in [0.717, 1.165) is 17.2 Å². The first-order valence-corrected chi connectivity index (χ1v) is 15.1. The van der Waals surface area contributed by atoms with Crippen molar-refractivity contribution in [3.05, 3.63) is 102 Å². The Morgan fingerprint density at radius 2 is 1.33 bits per heavy atom. The molecular formula is C28H35NO2SSi. The van der Waals surface area contributed by atoms with E-state index >= 15 is 0 Å². The summed E-state index contributed by atoms with van der Waals surface area (Å²) in [4.78, 5) is 0.299. The summed E-state index contributed by atoms with van der Waals surface area (Å²) in [6, 6.07) is 29.5. The zero-order chi connectivity index (χ0) is 24.1. The summed E-state index contributed by atoms with van der Waals surface area (Å²) in [6.07, 6.45) is 2.25. The Bertz CT molecular complexity index is 1140. The normalized spacial score (nSPS) is 13.2. The van der Waals surface area contributed by atoms with Crippen LogP contribution in [0.4, 0.5) is 0 Å². The minimum absolute atomic E-state index is 0.0634. The lowest BCUT2D eigenvalue weighted by Crippen LogP contribution is -2.63. The number of aryl methyl sites for hydroxylation is 1. The van der Waals surface area contributed by atoms with Gasteiger partial charge >= 0.3 is 0 Å². The van der Waals surface area contributed by atoms with Crippen LogP contribution in [0, 0.1) is 6.92 Å². The molecule has 0 atom stereocenters. The fourth-order valence-corrected chi connectivity index (χ4v) is 10.8. The summed E-state index contributed by atoms with van der Waals surface area (Å²) in [6.45, 7) is 11.3. The molecule has 5 heteroatoms. The highest BCUT2D eigenvalue weighted by atomic mass is 32.2. The monoisotopic (exact) mass is 477 g/mol. The molecule has 0 saturated carbocycles. The van der Waals surface area contributed by atoms with Crippen LogP contribution in [0.25, 0.3) is 0 Å². The van der Waals surface area contributed by atoms with Gasteiger partial charge in [0, 0.05) is 6.54 Å². The first-order chi connectivity index (χ1) is 15.6. The molecule has 0 heterocycles. The molecule has 0 radical (unpaired) electrons. The van der Waals surface area contributed by atoms with E-state index in [9.17, 15) is 8.42 Å². The van der Waals surface area contributed by atoms with Gasteiger partial charge in [-0.2, -0.15) is 0 Å². The van der Waals surface area contributed by atoms with Gasteiger partial charge in [0.15, 0.2) is 0 Å². The van der Waals surface area contributed by atoms with Crippen molar-refractivity contribution in [1.29, 1.82) is 0 Å². The zero-order valence-electron chi connectivity index (χ0n) is 20.3. The van der Waals surface area contributed by atoms with Crippen LogP contribution in [0.5, 0.6) is 0 Å². The molecule has 1 N–H and O–H groups in total. The van der Waals surface area contributed by atoms with Gasteiger partial charge in [0.2, 0.25) is 10.0 Å². The van der Waals surface area contributed by atoms with E-state index in [1.54, 1.807) is 12.1 Å². The maximum absolute atomic E-state index is 12.7. The predicted octanol–water partition coefficient (Wildman–Crippen LogP) is 5.28. The number of allylic oxidation sites excluding steroid dienone is 1. The molecule has 3 nitrogen and oxygen atoms in total. The Hall–Kier alpha value is -2.47. The molecule has 0 aliphatic heterocycles. The highest BCUT2D eigenvalue weighted by molar-refractivity contribution is 7.89. The number of hydrogen-bond acceptors (Lipinski definition) is 2. The van der Waals surface area contributed by atoms with Crippen LogP contribution in [-0.2, 0) is 10.0 Å². The summed E-state index contributed by atoms with van der Waals surface area (Å²) in [7, 11) is -5.75. The van der Waals surface area contributed by atoms with Crippen LogP contribution in [0.3, 0.4) is 0 Å². The van der Waals surface area contributed by atoms with Crippen molar-refractivity contribution in [2.24, 2.45) is 0 Å². The molecule has 0 unspecified atom stereocenters. The third-order valence-corrected chi connectivity index (χ3v) is 13.9. The lowest BCUT2D eigenvalue weighted by atomic mass is 10.2. The molecular weight excluding hydrogens is 442 g/mol. The van der Waals surface area contributed by atoms with Crippen molar-refractivity contribution in [1.82, 2.24) is 4.72 Å². The third kappa shape index (κ3) is 5.72. The van der Waals surface area contributed by atoms with E-state index in [1.165, 1.54) is 10.4 Å². The van der Waals surface area contributed by atoms with Gasteiger partial charge in [0.05, 0.1) is 4.90 Å². The largest absolute Gasteiger partial charge is 0.240 e. The molecule has 0 aliphatic rings. The van der Waals surface area contributed by atoms with Gasteiger partial charge in [-0.05, 0) is 37.1 Å². The summed E-state index contributed by atoms with van der Waals surface area (Å²) >= 11 is 0. The van der Waals surface area contributed by atoms with Gasteiger partial charge in [-0.3, -0.25) is 0 Å². The maximum atomic E-state index is 12.7. The molecule has 3 aromatic carbocycles. The number of hydrogen-bond donors (Lipinski definition) is 1. The highest BCUT2D eigenvalue weighted by Crippen LogP contribution is 2.39. The number of sulfonamides is 1. The molecule has 0 bridgehead atoms. The summed E-state index contributed by atoms with van der Waals surface area (Å²) in [5.41, 5.74) is 2.06. The molecule has 0 aromatic heterocycles. The van der Waals surface area contributed by atoms with Crippen LogP contribution in [-0.4, -0.2) is 23.0 Å². The summed E-state index contributed by atoms with van der Waals surface area (Å²) in [5, 5.41) is 2.86. The van der Waals surface area contributed by atoms with E-state index in [2.05, 4.69) is 92.2 Å². The zero-order valence-corrected chi connectivity index (χ0v) is 22.1. The second-order valence-corrected chi connectivity index (χ2v) is 16.4. The molecule has 174 valence electrons. The number of benzene rings is 3. The van der Waals surface area contributed by atoms with E-state index in [-0.39, 0.29) is 5.04 Å². The Morgan fingerprint density at radius 1 is 0.848 bits per heavy atom. The molecule has 3 rings (SSSR count). The van der Waals surface area contributed by atoms with Crippen molar-refractivity contribution in [2.75, 3.05) is 6.54 Å². The lowest BCUT2D eigenvalue weighted by molar-refractivity contribution is 0.584. The van der Waals surface area contributed by atoms with Crippen LogP contribution in [0.1, 0.15) is 33.3 Å². The smallest absolute Gasteiger partial charge is 0.207 e. The topological polar surface area (TPSA) is 46.2 Å². The van der Waals surface area contributed by atoms with E-state index in [0.29, 0.717) is 11.4 Å². The minimum Gasteiger partial charge on any atom is -0.207 e. The molecule has 0 amide bonds. The van der Waals surface area contributed by atoms with Crippen LogP contribution >= 0.6 is 0 Å². The molecule has 3 aromatic rings.